The third-order valence-corrected chi connectivity index (χ3v) is 4.37. The lowest BCUT2D eigenvalue weighted by Crippen LogP contribution is -2.35. The molecule has 1 atom stereocenters. The molecule has 4 N–H and O–H groups in total. The van der Waals surface area contributed by atoms with Crippen molar-refractivity contribution in [2.75, 3.05) is 13.1 Å². The zero-order valence-electron chi connectivity index (χ0n) is 12.4. The second kappa shape index (κ2) is 8.11. The number of sulfonamides is 1. The number of aryl methyl sites for hydroxylation is 1. The predicted octanol–water partition coefficient (Wildman–Crippen LogP) is 0.517. The fraction of sp³-hybridized carbons (Fsp3) is 0.500. The number of rotatable bonds is 8. The van der Waals surface area contributed by atoms with Crippen LogP contribution >= 0.6 is 0 Å². The Morgan fingerprint density at radius 1 is 1.24 bits per heavy atom. The molecule has 1 rings (SSSR count). The van der Waals surface area contributed by atoms with Gasteiger partial charge in [0.15, 0.2) is 0 Å². The number of hydrogen-bond donors (Lipinski definition) is 3. The van der Waals surface area contributed by atoms with Gasteiger partial charge in [-0.05, 0) is 32.4 Å². The van der Waals surface area contributed by atoms with E-state index in [1.807, 2.05) is 13.8 Å². The molecule has 0 aliphatic rings. The Kier molecular flexibility index (Phi) is 6.80. The molecule has 1 aromatic rings. The molecule has 0 heterocycles. The van der Waals surface area contributed by atoms with Crippen LogP contribution < -0.4 is 15.8 Å². The monoisotopic (exact) mass is 313 g/mol. The first-order valence-corrected chi connectivity index (χ1v) is 8.38. The van der Waals surface area contributed by atoms with Gasteiger partial charge in [-0.15, -0.1) is 0 Å². The summed E-state index contributed by atoms with van der Waals surface area (Å²) in [5, 5.41) is 2.65. The van der Waals surface area contributed by atoms with E-state index < -0.39 is 10.0 Å². The molecule has 0 aliphatic heterocycles. The molecule has 1 aromatic carbocycles. The Balaban J connectivity index is 2.34. The van der Waals surface area contributed by atoms with Crippen LogP contribution in [0.3, 0.4) is 0 Å². The van der Waals surface area contributed by atoms with Gasteiger partial charge in [0.2, 0.25) is 15.9 Å². The van der Waals surface area contributed by atoms with Crippen molar-refractivity contribution in [3.63, 3.8) is 0 Å². The zero-order chi connectivity index (χ0) is 15.9. The van der Waals surface area contributed by atoms with Crippen molar-refractivity contribution in [1.82, 2.24) is 10.0 Å². The molecule has 0 saturated heterocycles. The van der Waals surface area contributed by atoms with Crippen LogP contribution in [0.1, 0.15) is 25.3 Å². The molecule has 0 aliphatic carbocycles. The molecule has 0 aromatic heterocycles. The Hall–Kier alpha value is -1.44. The highest BCUT2D eigenvalue weighted by atomic mass is 32.2. The summed E-state index contributed by atoms with van der Waals surface area (Å²) in [5.74, 6) is -0.123. The van der Waals surface area contributed by atoms with E-state index in [2.05, 4.69) is 10.0 Å². The summed E-state index contributed by atoms with van der Waals surface area (Å²) in [7, 11) is -3.52. The van der Waals surface area contributed by atoms with Gasteiger partial charge in [-0.1, -0.05) is 17.7 Å². The number of nitrogens with two attached hydrogens (primary N) is 1. The van der Waals surface area contributed by atoms with Gasteiger partial charge in [-0.2, -0.15) is 0 Å². The van der Waals surface area contributed by atoms with Crippen molar-refractivity contribution in [1.29, 1.82) is 0 Å². The van der Waals surface area contributed by atoms with Gasteiger partial charge in [0.1, 0.15) is 0 Å². The van der Waals surface area contributed by atoms with E-state index in [0.717, 1.165) is 5.56 Å². The van der Waals surface area contributed by atoms with Gasteiger partial charge in [0.25, 0.3) is 0 Å². The molecule has 1 amide bonds. The molecule has 21 heavy (non-hydrogen) atoms. The molecule has 0 saturated carbocycles. The number of nitrogens with one attached hydrogen (secondary N) is 2. The average Bonchev–Trinajstić information content (AvgIpc) is 2.42. The fourth-order valence-electron chi connectivity index (χ4n) is 1.64. The minimum absolute atomic E-state index is 0.0178. The quantitative estimate of drug-likeness (QED) is 0.609. The van der Waals surface area contributed by atoms with Crippen LogP contribution in [0.2, 0.25) is 0 Å². The minimum Gasteiger partial charge on any atom is -0.355 e. The molecule has 118 valence electrons. The second-order valence-corrected chi connectivity index (χ2v) is 6.84. The number of benzene rings is 1. The lowest BCUT2D eigenvalue weighted by molar-refractivity contribution is -0.121. The average molecular weight is 313 g/mol. The molecule has 0 fully saturated rings. The Morgan fingerprint density at radius 3 is 2.43 bits per heavy atom. The smallest absolute Gasteiger partial charge is 0.240 e. The Morgan fingerprint density at radius 2 is 1.86 bits per heavy atom. The maximum atomic E-state index is 12.0. The first-order valence-electron chi connectivity index (χ1n) is 6.90. The highest BCUT2D eigenvalue weighted by Crippen LogP contribution is 2.09. The summed E-state index contributed by atoms with van der Waals surface area (Å²) in [6.07, 6.45) is 0.962. The number of carbonyl (C=O) groups excluding carboxylic acids is 1. The van der Waals surface area contributed by atoms with Crippen molar-refractivity contribution in [2.24, 2.45) is 5.73 Å². The van der Waals surface area contributed by atoms with Crippen molar-refractivity contribution in [2.45, 2.75) is 37.6 Å². The third-order valence-electron chi connectivity index (χ3n) is 2.90. The van der Waals surface area contributed by atoms with Crippen LogP contribution in [0.15, 0.2) is 29.2 Å². The summed E-state index contributed by atoms with van der Waals surface area (Å²) in [6.45, 7) is 4.13. The highest BCUT2D eigenvalue weighted by Gasteiger charge is 2.12. The molecule has 1 unspecified atom stereocenters. The SMILES string of the molecule is Cc1ccc(S(=O)(=O)NCCNC(=O)CCC(C)N)cc1. The van der Waals surface area contributed by atoms with Crippen molar-refractivity contribution >= 4 is 15.9 Å². The molecule has 6 nitrogen and oxygen atoms in total. The minimum atomic E-state index is -3.52. The Labute approximate surface area is 126 Å². The van der Waals surface area contributed by atoms with E-state index in [0.29, 0.717) is 12.8 Å². The second-order valence-electron chi connectivity index (χ2n) is 5.08. The summed E-state index contributed by atoms with van der Waals surface area (Å²) >= 11 is 0. The lowest BCUT2D eigenvalue weighted by atomic mass is 10.2. The van der Waals surface area contributed by atoms with E-state index in [4.69, 9.17) is 5.73 Å². The third kappa shape index (κ3) is 6.70. The van der Waals surface area contributed by atoms with E-state index >= 15 is 0 Å². The summed E-state index contributed by atoms with van der Waals surface area (Å²) in [4.78, 5) is 11.7. The number of amides is 1. The fourth-order valence-corrected chi connectivity index (χ4v) is 2.67. The summed E-state index contributed by atoms with van der Waals surface area (Å²) in [5.41, 5.74) is 6.55. The van der Waals surface area contributed by atoms with Gasteiger partial charge in [-0.3, -0.25) is 4.79 Å². The van der Waals surface area contributed by atoms with Crippen molar-refractivity contribution in [3.8, 4) is 0 Å². The predicted molar refractivity (Wildman–Crippen MR) is 82.3 cm³/mol. The maximum absolute atomic E-state index is 12.0. The Bertz CT molecular complexity index is 553. The first kappa shape index (κ1) is 17.6. The molecule has 0 spiro atoms. The normalized spacial score (nSPS) is 12.9. The van der Waals surface area contributed by atoms with Crippen LogP contribution in [-0.4, -0.2) is 33.5 Å². The number of carbonyl (C=O) groups is 1. The molecular weight excluding hydrogens is 290 g/mol. The molecular formula is C14H23N3O3S. The van der Waals surface area contributed by atoms with Crippen LogP contribution in [0, 0.1) is 6.92 Å². The number of hydrogen-bond acceptors (Lipinski definition) is 4. The van der Waals surface area contributed by atoms with E-state index in [1.165, 1.54) is 0 Å². The van der Waals surface area contributed by atoms with Crippen molar-refractivity contribution in [3.05, 3.63) is 29.8 Å². The van der Waals surface area contributed by atoms with Crippen LogP contribution in [-0.2, 0) is 14.8 Å². The molecule has 0 bridgehead atoms. The summed E-state index contributed by atoms with van der Waals surface area (Å²) < 4.78 is 26.4. The van der Waals surface area contributed by atoms with Gasteiger partial charge in [0.05, 0.1) is 4.90 Å². The van der Waals surface area contributed by atoms with Crippen molar-refractivity contribution < 1.29 is 13.2 Å². The van der Waals surface area contributed by atoms with E-state index in [9.17, 15) is 13.2 Å². The topological polar surface area (TPSA) is 101 Å². The van der Waals surface area contributed by atoms with Crippen LogP contribution in [0.5, 0.6) is 0 Å². The summed E-state index contributed by atoms with van der Waals surface area (Å²) in [6, 6.07) is 6.57. The zero-order valence-corrected chi connectivity index (χ0v) is 13.2. The van der Waals surface area contributed by atoms with Gasteiger partial charge >= 0.3 is 0 Å². The largest absolute Gasteiger partial charge is 0.355 e. The lowest BCUT2D eigenvalue weighted by Gasteiger charge is -2.09. The van der Waals surface area contributed by atoms with Gasteiger partial charge < -0.3 is 11.1 Å². The standard InChI is InChI=1S/C14H23N3O3S/c1-11-3-6-13(7-4-11)21(19,20)17-10-9-16-14(18)8-5-12(2)15/h3-4,6-7,12,17H,5,8-10,15H2,1-2H3,(H,16,18). The van der Waals surface area contributed by atoms with Crippen LogP contribution in [0.4, 0.5) is 0 Å². The molecule has 0 radical (unpaired) electrons. The maximum Gasteiger partial charge on any atom is 0.240 e. The van der Waals surface area contributed by atoms with Gasteiger partial charge in [-0.25, -0.2) is 13.1 Å². The highest BCUT2D eigenvalue weighted by molar-refractivity contribution is 7.89. The van der Waals surface area contributed by atoms with Gasteiger partial charge in [0, 0.05) is 25.6 Å². The first-order chi connectivity index (χ1) is 9.81. The van der Waals surface area contributed by atoms with E-state index in [-0.39, 0.29) is 29.9 Å². The van der Waals surface area contributed by atoms with E-state index in [1.54, 1.807) is 24.3 Å². The van der Waals surface area contributed by atoms with Crippen LogP contribution in [0.25, 0.3) is 0 Å². The molecule has 7 heteroatoms.